The molecule has 0 saturated heterocycles. The number of anilines is 3. The van der Waals surface area contributed by atoms with E-state index in [9.17, 15) is 0 Å². The van der Waals surface area contributed by atoms with Crippen LogP contribution in [0.4, 0.5) is 17.1 Å². The summed E-state index contributed by atoms with van der Waals surface area (Å²) >= 11 is 0. The van der Waals surface area contributed by atoms with Gasteiger partial charge in [-0.05, 0) is 59.2 Å². The van der Waals surface area contributed by atoms with Crippen LogP contribution in [-0.4, -0.2) is 9.97 Å². The summed E-state index contributed by atoms with van der Waals surface area (Å²) in [6.07, 6.45) is -0.0354. The molecular weight excluding hydrogens is 524 g/mol. The molecule has 1 atom stereocenters. The van der Waals surface area contributed by atoms with Crippen molar-refractivity contribution in [3.05, 3.63) is 126 Å². The highest BCUT2D eigenvalue weighted by Gasteiger charge is 2.31. The summed E-state index contributed by atoms with van der Waals surface area (Å²) in [6.45, 7) is 13.3. The lowest BCUT2D eigenvalue weighted by Crippen LogP contribution is -2.23. The normalized spacial score (nSPS) is 15.1. The molecule has 3 heterocycles. The standard InChI is InChI=1S/C39H38N4/c1-38(2,3)33-22-20-25-19-21-29-30(24-34(39(4,5)6)42-36(29)35(25)41-33)26-13-12-14-27(23-26)37-40-31-17-10-11-18-32(31)43(37)28-15-8-7-9-16-28/h7-24,37,40H,1-6H3. The van der Waals surface area contributed by atoms with Crippen LogP contribution >= 0.6 is 0 Å². The van der Waals surface area contributed by atoms with E-state index in [1.54, 1.807) is 0 Å². The van der Waals surface area contributed by atoms with Gasteiger partial charge in [0.05, 0.1) is 22.4 Å². The molecule has 43 heavy (non-hydrogen) atoms. The van der Waals surface area contributed by atoms with E-state index < -0.39 is 0 Å². The molecule has 0 bridgehead atoms. The lowest BCUT2D eigenvalue weighted by atomic mass is 9.87. The maximum absolute atomic E-state index is 5.28. The average Bonchev–Trinajstić information content (AvgIpc) is 3.39. The van der Waals surface area contributed by atoms with Gasteiger partial charge < -0.3 is 10.2 Å². The Morgan fingerprint density at radius 1 is 0.628 bits per heavy atom. The number of aromatic nitrogens is 2. The van der Waals surface area contributed by atoms with E-state index in [-0.39, 0.29) is 17.0 Å². The molecule has 0 amide bonds. The van der Waals surface area contributed by atoms with Crippen molar-refractivity contribution in [3.63, 3.8) is 0 Å². The van der Waals surface area contributed by atoms with Crippen LogP contribution in [-0.2, 0) is 10.8 Å². The second-order valence-electron chi connectivity index (χ2n) is 13.7. The number of nitrogens with one attached hydrogen (secondary N) is 1. The fraction of sp³-hybridized carbons (Fsp3) is 0.231. The molecular formula is C39H38N4. The Labute approximate surface area is 254 Å². The largest absolute Gasteiger partial charge is 0.359 e. The Balaban J connectivity index is 1.42. The predicted octanol–water partition coefficient (Wildman–Crippen LogP) is 10.3. The highest BCUT2D eigenvalue weighted by Crippen LogP contribution is 2.46. The van der Waals surface area contributed by atoms with Crippen LogP contribution in [0.15, 0.2) is 109 Å². The molecule has 4 aromatic carbocycles. The topological polar surface area (TPSA) is 41.0 Å². The molecule has 1 unspecified atom stereocenters. The lowest BCUT2D eigenvalue weighted by molar-refractivity contribution is 0.570. The van der Waals surface area contributed by atoms with E-state index in [0.29, 0.717) is 0 Å². The van der Waals surface area contributed by atoms with Crippen molar-refractivity contribution in [1.82, 2.24) is 9.97 Å². The minimum absolute atomic E-state index is 0.0354. The number of hydrogen-bond acceptors (Lipinski definition) is 4. The summed E-state index contributed by atoms with van der Waals surface area (Å²) in [5.74, 6) is 0. The highest BCUT2D eigenvalue weighted by molar-refractivity contribution is 6.08. The Kier molecular flexibility index (Phi) is 6.28. The lowest BCUT2D eigenvalue weighted by Gasteiger charge is -2.28. The smallest absolute Gasteiger partial charge is 0.130 e. The van der Waals surface area contributed by atoms with Crippen LogP contribution in [0.2, 0.25) is 0 Å². The minimum Gasteiger partial charge on any atom is -0.359 e. The summed E-state index contributed by atoms with van der Waals surface area (Å²) < 4.78 is 0. The van der Waals surface area contributed by atoms with Gasteiger partial charge in [0, 0.05) is 38.7 Å². The number of benzene rings is 4. The van der Waals surface area contributed by atoms with Gasteiger partial charge >= 0.3 is 0 Å². The van der Waals surface area contributed by atoms with E-state index in [1.807, 2.05) is 0 Å². The van der Waals surface area contributed by atoms with Crippen molar-refractivity contribution in [3.8, 4) is 11.1 Å². The first-order valence-corrected chi connectivity index (χ1v) is 15.1. The molecule has 4 heteroatoms. The van der Waals surface area contributed by atoms with Crippen LogP contribution in [0.25, 0.3) is 32.9 Å². The Bertz CT molecular complexity index is 1980. The summed E-state index contributed by atoms with van der Waals surface area (Å²) in [4.78, 5) is 12.9. The Morgan fingerprint density at radius 2 is 1.33 bits per heavy atom. The maximum Gasteiger partial charge on any atom is 0.130 e. The van der Waals surface area contributed by atoms with Crippen LogP contribution in [0, 0.1) is 0 Å². The number of pyridine rings is 2. The molecule has 7 rings (SSSR count). The fourth-order valence-electron chi connectivity index (χ4n) is 6.05. The van der Waals surface area contributed by atoms with Crippen molar-refractivity contribution in [2.45, 2.75) is 58.5 Å². The molecule has 2 aromatic heterocycles. The van der Waals surface area contributed by atoms with E-state index in [1.165, 1.54) is 22.4 Å². The van der Waals surface area contributed by atoms with Crippen LogP contribution in [0.3, 0.4) is 0 Å². The number of hydrogen-bond donors (Lipinski definition) is 1. The summed E-state index contributed by atoms with van der Waals surface area (Å²) in [6, 6.07) is 39.2. The third-order valence-corrected chi connectivity index (χ3v) is 8.44. The first kappa shape index (κ1) is 27.2. The fourth-order valence-corrected chi connectivity index (χ4v) is 6.05. The molecule has 0 aliphatic carbocycles. The third-order valence-electron chi connectivity index (χ3n) is 8.44. The Hall–Kier alpha value is -4.70. The van der Waals surface area contributed by atoms with Gasteiger partial charge in [0.1, 0.15) is 6.17 Å². The molecule has 6 aromatic rings. The van der Waals surface area contributed by atoms with Gasteiger partial charge in [0.15, 0.2) is 0 Å². The molecule has 0 radical (unpaired) electrons. The van der Waals surface area contributed by atoms with Gasteiger partial charge in [0.25, 0.3) is 0 Å². The van der Waals surface area contributed by atoms with Gasteiger partial charge in [0.2, 0.25) is 0 Å². The van der Waals surface area contributed by atoms with Crippen LogP contribution in [0.1, 0.15) is 64.7 Å². The van der Waals surface area contributed by atoms with E-state index in [4.69, 9.17) is 9.97 Å². The monoisotopic (exact) mass is 562 g/mol. The van der Waals surface area contributed by atoms with Gasteiger partial charge in [-0.15, -0.1) is 0 Å². The Morgan fingerprint density at radius 3 is 2.09 bits per heavy atom. The zero-order valence-corrected chi connectivity index (χ0v) is 25.8. The van der Waals surface area contributed by atoms with Crippen LogP contribution in [0.5, 0.6) is 0 Å². The van der Waals surface area contributed by atoms with Crippen molar-refractivity contribution in [1.29, 1.82) is 0 Å². The molecule has 4 nitrogen and oxygen atoms in total. The highest BCUT2D eigenvalue weighted by atomic mass is 15.3. The predicted molar refractivity (Wildman–Crippen MR) is 181 cm³/mol. The summed E-state index contributed by atoms with van der Waals surface area (Å²) in [5.41, 5.74) is 10.9. The first-order valence-electron chi connectivity index (χ1n) is 15.1. The molecule has 214 valence electrons. The van der Waals surface area contributed by atoms with Crippen LogP contribution < -0.4 is 10.2 Å². The first-order chi connectivity index (χ1) is 20.6. The van der Waals surface area contributed by atoms with Gasteiger partial charge in [-0.25, -0.2) is 9.97 Å². The van der Waals surface area contributed by atoms with Gasteiger partial charge in [-0.3, -0.25) is 0 Å². The zero-order valence-electron chi connectivity index (χ0n) is 25.8. The number of fused-ring (bicyclic) bond motifs is 4. The van der Waals surface area contributed by atoms with Crippen molar-refractivity contribution < 1.29 is 0 Å². The van der Waals surface area contributed by atoms with Gasteiger partial charge in [-0.2, -0.15) is 0 Å². The van der Waals surface area contributed by atoms with E-state index in [0.717, 1.165) is 44.6 Å². The molecule has 0 spiro atoms. The second kappa shape index (κ2) is 9.95. The maximum atomic E-state index is 5.28. The SMILES string of the molecule is CC(C)(C)c1ccc2ccc3c(-c4cccc(C5Nc6ccccc6N5c5ccccc5)c4)cc(C(C)(C)C)nc3c2n1. The van der Waals surface area contributed by atoms with E-state index in [2.05, 4.69) is 161 Å². The average molecular weight is 563 g/mol. The molecule has 1 N–H and O–H groups in total. The second-order valence-corrected chi connectivity index (χ2v) is 13.7. The van der Waals surface area contributed by atoms with Crippen molar-refractivity contribution in [2.75, 3.05) is 10.2 Å². The van der Waals surface area contributed by atoms with Gasteiger partial charge in [-0.1, -0.05) is 108 Å². The molecule has 0 fully saturated rings. The summed E-state index contributed by atoms with van der Waals surface area (Å²) in [5, 5.41) is 6.04. The molecule has 0 saturated carbocycles. The third kappa shape index (κ3) is 4.81. The van der Waals surface area contributed by atoms with E-state index >= 15 is 0 Å². The number of nitrogens with zero attached hydrogens (tertiary/aromatic N) is 3. The van der Waals surface area contributed by atoms with Crippen molar-refractivity contribution in [2.24, 2.45) is 0 Å². The quantitative estimate of drug-likeness (QED) is 0.218. The zero-order chi connectivity index (χ0) is 29.9. The van der Waals surface area contributed by atoms with Crippen molar-refractivity contribution >= 4 is 38.9 Å². The number of para-hydroxylation sites is 3. The molecule has 1 aliphatic heterocycles. The summed E-state index contributed by atoms with van der Waals surface area (Å²) in [7, 11) is 0. The number of rotatable bonds is 3. The minimum atomic E-state index is -0.122. The molecule has 1 aliphatic rings.